The number of aromatic amines is 1. The number of unbranched alkanes of at least 4 members (excludes halogenated alkanes) is 1. The highest BCUT2D eigenvalue weighted by Gasteiger charge is 2.32. The predicted octanol–water partition coefficient (Wildman–Crippen LogP) is -1.74. The van der Waals surface area contributed by atoms with Crippen molar-refractivity contribution < 1.29 is 29.1 Å². The van der Waals surface area contributed by atoms with Gasteiger partial charge in [0.15, 0.2) is 0 Å². The van der Waals surface area contributed by atoms with Crippen molar-refractivity contribution >= 4 is 29.6 Å². The van der Waals surface area contributed by atoms with E-state index in [4.69, 9.17) is 17.2 Å². The summed E-state index contributed by atoms with van der Waals surface area (Å²) in [6, 6.07) is -4.37. The Morgan fingerprint density at radius 2 is 1.70 bits per heavy atom. The number of rotatable bonds is 18. The number of hydrogen-bond acceptors (Lipinski definition) is 8. The molecular formula is C23H40N8O6. The molecule has 1 aromatic heterocycles. The van der Waals surface area contributed by atoms with Crippen LogP contribution in [-0.4, -0.2) is 75.4 Å². The maximum absolute atomic E-state index is 13.2. The van der Waals surface area contributed by atoms with Gasteiger partial charge in [0.05, 0.1) is 12.4 Å². The molecule has 0 aromatic carbocycles. The van der Waals surface area contributed by atoms with Gasteiger partial charge in [-0.3, -0.25) is 19.2 Å². The van der Waals surface area contributed by atoms with E-state index < -0.39 is 53.8 Å². The predicted molar refractivity (Wildman–Crippen MR) is 134 cm³/mol. The van der Waals surface area contributed by atoms with Gasteiger partial charge < -0.3 is 43.2 Å². The molecule has 0 radical (unpaired) electrons. The smallest absolute Gasteiger partial charge is 0.326 e. The van der Waals surface area contributed by atoms with E-state index in [0.29, 0.717) is 31.5 Å². The monoisotopic (exact) mass is 524 g/mol. The largest absolute Gasteiger partial charge is 0.480 e. The summed E-state index contributed by atoms with van der Waals surface area (Å²) in [5.74, 6) is -4.11. The minimum absolute atomic E-state index is 0.0170. The number of nitrogens with one attached hydrogen (secondary N) is 4. The molecule has 1 heterocycles. The van der Waals surface area contributed by atoms with E-state index in [1.54, 1.807) is 6.92 Å². The van der Waals surface area contributed by atoms with Crippen LogP contribution in [0.1, 0.15) is 58.1 Å². The van der Waals surface area contributed by atoms with Crippen molar-refractivity contribution in [3.05, 3.63) is 18.2 Å². The number of nitrogens with two attached hydrogens (primary N) is 3. The molecule has 5 unspecified atom stereocenters. The highest BCUT2D eigenvalue weighted by atomic mass is 16.4. The van der Waals surface area contributed by atoms with Crippen molar-refractivity contribution in [3.63, 3.8) is 0 Å². The molecule has 0 fully saturated rings. The molecule has 0 aliphatic carbocycles. The van der Waals surface area contributed by atoms with Crippen LogP contribution in [0.25, 0.3) is 0 Å². The van der Waals surface area contributed by atoms with Crippen molar-refractivity contribution in [2.45, 2.75) is 83.0 Å². The van der Waals surface area contributed by atoms with Gasteiger partial charge >= 0.3 is 5.97 Å². The summed E-state index contributed by atoms with van der Waals surface area (Å²) in [6.45, 7) is 3.97. The Hall–Kier alpha value is -3.52. The summed E-state index contributed by atoms with van der Waals surface area (Å²) in [5, 5.41) is 17.3. The van der Waals surface area contributed by atoms with Gasteiger partial charge in [0.25, 0.3) is 0 Å². The summed E-state index contributed by atoms with van der Waals surface area (Å²) < 4.78 is 0. The van der Waals surface area contributed by atoms with Crippen molar-refractivity contribution in [1.29, 1.82) is 0 Å². The fourth-order valence-electron chi connectivity index (χ4n) is 3.50. The first kappa shape index (κ1) is 31.5. The molecule has 208 valence electrons. The quantitative estimate of drug-likeness (QED) is 0.101. The Balaban J connectivity index is 2.98. The van der Waals surface area contributed by atoms with E-state index in [0.717, 1.165) is 0 Å². The zero-order chi connectivity index (χ0) is 28.0. The standard InChI is InChI=1S/C23H40N8O6/c1-3-13(2)19(22(35)30-17(23(36)37)10-14-11-27-12-28-14)31-21(34)16(6-4-5-9-24)29-20(33)15(25)7-8-18(26)32/h11-13,15-17,19H,3-10,24-25H2,1-2H3,(H2,26,32)(H,27,28)(H,29,33)(H,30,35)(H,31,34)(H,36,37). The minimum atomic E-state index is -1.25. The first-order valence-corrected chi connectivity index (χ1v) is 12.3. The van der Waals surface area contributed by atoms with Crippen molar-refractivity contribution in [3.8, 4) is 0 Å². The third-order valence-electron chi connectivity index (χ3n) is 6.01. The Kier molecular flexibility index (Phi) is 13.9. The normalized spacial score (nSPS) is 15.0. The van der Waals surface area contributed by atoms with Crippen LogP contribution >= 0.6 is 0 Å². The number of imidazole rings is 1. The first-order valence-electron chi connectivity index (χ1n) is 12.3. The molecule has 37 heavy (non-hydrogen) atoms. The van der Waals surface area contributed by atoms with E-state index in [9.17, 15) is 29.1 Å². The topological polar surface area (TPSA) is 248 Å². The molecule has 0 bridgehead atoms. The number of carboxylic acids is 1. The van der Waals surface area contributed by atoms with E-state index in [2.05, 4.69) is 25.9 Å². The molecule has 0 saturated carbocycles. The third-order valence-corrected chi connectivity index (χ3v) is 6.01. The van der Waals surface area contributed by atoms with Gasteiger partial charge in [-0.1, -0.05) is 20.3 Å². The summed E-state index contributed by atoms with van der Waals surface area (Å²) in [4.78, 5) is 68.2. The zero-order valence-corrected chi connectivity index (χ0v) is 21.4. The number of hydrogen-bond donors (Lipinski definition) is 8. The molecule has 0 saturated heterocycles. The Morgan fingerprint density at radius 1 is 1.03 bits per heavy atom. The van der Waals surface area contributed by atoms with Crippen molar-refractivity contribution in [2.75, 3.05) is 6.54 Å². The summed E-state index contributed by atoms with van der Waals surface area (Å²) in [5.41, 5.74) is 17.0. The van der Waals surface area contributed by atoms with Gasteiger partial charge in [-0.05, 0) is 38.1 Å². The summed E-state index contributed by atoms with van der Waals surface area (Å²) in [6.07, 6.45) is 4.65. The molecule has 1 rings (SSSR count). The van der Waals surface area contributed by atoms with E-state index in [1.807, 2.05) is 6.92 Å². The number of carbonyl (C=O) groups excluding carboxylic acids is 4. The molecule has 1 aromatic rings. The number of amides is 4. The fourth-order valence-corrected chi connectivity index (χ4v) is 3.50. The van der Waals surface area contributed by atoms with Crippen LogP contribution in [0.3, 0.4) is 0 Å². The van der Waals surface area contributed by atoms with Crippen molar-refractivity contribution in [2.24, 2.45) is 23.1 Å². The second kappa shape index (κ2) is 16.3. The zero-order valence-electron chi connectivity index (χ0n) is 21.4. The average molecular weight is 525 g/mol. The molecule has 14 heteroatoms. The lowest BCUT2D eigenvalue weighted by Gasteiger charge is -2.28. The number of carbonyl (C=O) groups is 5. The average Bonchev–Trinajstić information content (AvgIpc) is 3.37. The minimum Gasteiger partial charge on any atom is -0.480 e. The second-order valence-electron chi connectivity index (χ2n) is 9.01. The van der Waals surface area contributed by atoms with Crippen LogP contribution in [0, 0.1) is 5.92 Å². The van der Waals surface area contributed by atoms with E-state index in [1.165, 1.54) is 12.5 Å². The van der Waals surface area contributed by atoms with Gasteiger partial charge in [0, 0.05) is 24.7 Å². The second-order valence-corrected chi connectivity index (χ2v) is 9.01. The lowest BCUT2D eigenvalue weighted by molar-refractivity contribution is -0.142. The molecule has 5 atom stereocenters. The molecule has 11 N–H and O–H groups in total. The SMILES string of the molecule is CCC(C)C(NC(=O)C(CCCCN)NC(=O)C(N)CCC(N)=O)C(=O)NC(Cc1cnc[nH]1)C(=O)O. The van der Waals surface area contributed by atoms with Crippen LogP contribution in [0.15, 0.2) is 12.5 Å². The first-order chi connectivity index (χ1) is 17.5. The number of H-pyrrole nitrogens is 1. The Labute approximate surface area is 215 Å². The Morgan fingerprint density at radius 3 is 2.24 bits per heavy atom. The molecular weight excluding hydrogens is 484 g/mol. The van der Waals surface area contributed by atoms with Gasteiger partial charge in [0.1, 0.15) is 18.1 Å². The third kappa shape index (κ3) is 11.4. The maximum atomic E-state index is 13.2. The number of nitrogens with zero attached hydrogens (tertiary/aromatic N) is 1. The summed E-state index contributed by atoms with van der Waals surface area (Å²) >= 11 is 0. The van der Waals surface area contributed by atoms with E-state index >= 15 is 0 Å². The number of primary amides is 1. The van der Waals surface area contributed by atoms with Crippen LogP contribution in [0.5, 0.6) is 0 Å². The van der Waals surface area contributed by atoms with Crippen LogP contribution in [0.2, 0.25) is 0 Å². The maximum Gasteiger partial charge on any atom is 0.326 e. The molecule has 0 aliphatic heterocycles. The highest BCUT2D eigenvalue weighted by molar-refractivity contribution is 5.94. The van der Waals surface area contributed by atoms with Crippen LogP contribution in [-0.2, 0) is 30.4 Å². The lowest BCUT2D eigenvalue weighted by Crippen LogP contribution is -2.58. The van der Waals surface area contributed by atoms with Crippen LogP contribution in [0.4, 0.5) is 0 Å². The lowest BCUT2D eigenvalue weighted by atomic mass is 9.96. The number of carboxylic acid groups (broad SMARTS) is 1. The molecule has 4 amide bonds. The molecule has 0 aliphatic rings. The van der Waals surface area contributed by atoms with Crippen molar-refractivity contribution in [1.82, 2.24) is 25.9 Å². The summed E-state index contributed by atoms with van der Waals surface area (Å²) in [7, 11) is 0. The Bertz CT molecular complexity index is 894. The van der Waals surface area contributed by atoms with Gasteiger partial charge in [-0.15, -0.1) is 0 Å². The van der Waals surface area contributed by atoms with E-state index in [-0.39, 0.29) is 31.6 Å². The number of aliphatic carboxylic acids is 1. The molecule has 0 spiro atoms. The van der Waals surface area contributed by atoms with Gasteiger partial charge in [-0.25, -0.2) is 9.78 Å². The molecule has 14 nitrogen and oxygen atoms in total. The highest BCUT2D eigenvalue weighted by Crippen LogP contribution is 2.11. The fraction of sp³-hybridized carbons (Fsp3) is 0.652. The van der Waals surface area contributed by atoms with Gasteiger partial charge in [0.2, 0.25) is 23.6 Å². The van der Waals surface area contributed by atoms with Gasteiger partial charge in [-0.2, -0.15) is 0 Å². The van der Waals surface area contributed by atoms with Crippen LogP contribution < -0.4 is 33.2 Å². The number of aromatic nitrogens is 2.